The van der Waals surface area contributed by atoms with Crippen LogP contribution in [0.15, 0.2) is 59.0 Å². The Bertz CT molecular complexity index is 1340. The van der Waals surface area contributed by atoms with Crippen molar-refractivity contribution in [2.75, 3.05) is 52.5 Å². The summed E-state index contributed by atoms with van der Waals surface area (Å²) in [7, 11) is -3.72. The van der Waals surface area contributed by atoms with E-state index in [1.54, 1.807) is 0 Å². The second kappa shape index (κ2) is 12.6. The second-order valence-electron chi connectivity index (χ2n) is 10.4. The van der Waals surface area contributed by atoms with E-state index in [0.717, 1.165) is 24.2 Å². The molecule has 2 heterocycles. The molecule has 0 aliphatic carbocycles. The Labute approximate surface area is 237 Å². The third-order valence-corrected chi connectivity index (χ3v) is 9.66. The fourth-order valence-electron chi connectivity index (χ4n) is 5.19. The summed E-state index contributed by atoms with van der Waals surface area (Å²) in [5, 5.41) is 11.4. The van der Waals surface area contributed by atoms with Gasteiger partial charge in [-0.2, -0.15) is 4.31 Å². The first-order chi connectivity index (χ1) is 19.1. The summed E-state index contributed by atoms with van der Waals surface area (Å²) in [5.74, 6) is -1.41. The van der Waals surface area contributed by atoms with Crippen LogP contribution < -0.4 is 0 Å². The van der Waals surface area contributed by atoms with Crippen LogP contribution in [0.2, 0.25) is 0 Å². The number of ketones is 1. The van der Waals surface area contributed by atoms with Gasteiger partial charge in [0, 0.05) is 31.7 Å². The first-order valence-corrected chi connectivity index (χ1v) is 15.3. The van der Waals surface area contributed by atoms with Gasteiger partial charge in [0.15, 0.2) is 0 Å². The number of likely N-dealkylation sites (tertiary alicyclic amines) is 1. The first kappa shape index (κ1) is 29.9. The molecule has 2 aromatic carbocycles. The largest absolute Gasteiger partial charge is 0.507 e. The van der Waals surface area contributed by atoms with Crippen molar-refractivity contribution in [3.8, 4) is 0 Å². The monoisotopic (exact) mass is 569 g/mol. The van der Waals surface area contributed by atoms with Gasteiger partial charge in [-0.25, -0.2) is 8.42 Å². The van der Waals surface area contributed by atoms with Crippen LogP contribution in [0.25, 0.3) is 5.76 Å². The number of hydrogen-bond acceptors (Lipinski definition) is 7. The van der Waals surface area contributed by atoms with E-state index in [1.165, 1.54) is 33.5 Å². The molecule has 4 rings (SSSR count). The van der Waals surface area contributed by atoms with Gasteiger partial charge in [-0.15, -0.1) is 0 Å². The highest BCUT2D eigenvalue weighted by Gasteiger charge is 2.46. The molecular formula is C30H39N3O6S. The van der Waals surface area contributed by atoms with Gasteiger partial charge in [0.25, 0.3) is 11.7 Å². The maximum Gasteiger partial charge on any atom is 0.295 e. The minimum Gasteiger partial charge on any atom is -0.507 e. The molecule has 9 nitrogen and oxygen atoms in total. The molecule has 40 heavy (non-hydrogen) atoms. The van der Waals surface area contributed by atoms with Crippen molar-refractivity contribution in [2.24, 2.45) is 0 Å². The minimum absolute atomic E-state index is 0.00521. The summed E-state index contributed by atoms with van der Waals surface area (Å²) < 4.78 is 32.7. The maximum absolute atomic E-state index is 13.4. The number of likely N-dealkylation sites (N-methyl/N-ethyl adjacent to an activating group) is 1. The zero-order chi connectivity index (χ0) is 29.0. The molecule has 0 saturated carbocycles. The van der Waals surface area contributed by atoms with Crippen molar-refractivity contribution < 1.29 is 27.9 Å². The van der Waals surface area contributed by atoms with Crippen molar-refractivity contribution in [3.63, 3.8) is 0 Å². The van der Waals surface area contributed by atoms with E-state index >= 15 is 0 Å². The lowest BCUT2D eigenvalue weighted by Crippen LogP contribution is -2.40. The summed E-state index contributed by atoms with van der Waals surface area (Å²) >= 11 is 0. The SMILES string of the molecule is CCN(CC)CCN1C(=O)C(=O)C(=C(O)c2ccc(S(=O)(=O)N3CCOCC3)cc2)[C@H]1c1ccc(C(C)C)cc1. The first-order valence-electron chi connectivity index (χ1n) is 13.9. The van der Waals surface area contributed by atoms with Gasteiger partial charge >= 0.3 is 0 Å². The van der Waals surface area contributed by atoms with Crippen LogP contribution in [0.4, 0.5) is 0 Å². The van der Waals surface area contributed by atoms with E-state index in [1.807, 2.05) is 38.1 Å². The third-order valence-electron chi connectivity index (χ3n) is 7.75. The lowest BCUT2D eigenvalue weighted by Gasteiger charge is -2.28. The Morgan fingerprint density at radius 1 is 1.00 bits per heavy atom. The molecule has 1 atom stereocenters. The summed E-state index contributed by atoms with van der Waals surface area (Å²) in [5.41, 5.74) is 2.13. The number of aliphatic hydroxyl groups is 1. The smallest absolute Gasteiger partial charge is 0.295 e. The number of nitrogens with zero attached hydrogens (tertiary/aromatic N) is 3. The summed E-state index contributed by atoms with van der Waals surface area (Å²) in [6.45, 7) is 12.0. The predicted octanol–water partition coefficient (Wildman–Crippen LogP) is 3.59. The number of morpholine rings is 1. The number of ether oxygens (including phenoxy) is 1. The average molecular weight is 570 g/mol. The number of sulfonamides is 1. The number of Topliss-reactive ketones (excluding diaryl/α,β-unsaturated/α-hetero) is 1. The van der Waals surface area contributed by atoms with Crippen LogP contribution in [0, 0.1) is 0 Å². The Morgan fingerprint density at radius 2 is 1.60 bits per heavy atom. The van der Waals surface area contributed by atoms with Gasteiger partial charge in [0.05, 0.1) is 29.7 Å². The van der Waals surface area contributed by atoms with Crippen molar-refractivity contribution in [1.82, 2.24) is 14.1 Å². The van der Waals surface area contributed by atoms with E-state index in [4.69, 9.17) is 4.74 Å². The standard InChI is InChI=1S/C30H39N3O6S/c1-5-31(6-2)15-16-33-27(23-9-7-22(8-10-23)21(3)4)26(29(35)30(33)36)28(34)24-11-13-25(14-12-24)40(37,38)32-17-19-39-20-18-32/h7-14,21,27,34H,5-6,15-20H2,1-4H3/t27-/m1/s1. The number of hydrogen-bond donors (Lipinski definition) is 1. The lowest BCUT2D eigenvalue weighted by molar-refractivity contribution is -0.140. The van der Waals surface area contributed by atoms with Crippen molar-refractivity contribution in [2.45, 2.75) is 44.6 Å². The molecule has 0 unspecified atom stereocenters. The molecule has 2 aliphatic rings. The fourth-order valence-corrected chi connectivity index (χ4v) is 6.59. The van der Waals surface area contributed by atoms with Gasteiger partial charge in [-0.05, 0) is 54.4 Å². The number of benzene rings is 2. The van der Waals surface area contributed by atoms with Crippen LogP contribution in [0.1, 0.15) is 56.3 Å². The lowest BCUT2D eigenvalue weighted by atomic mass is 9.93. The number of carbonyl (C=O) groups is 2. The maximum atomic E-state index is 13.4. The fraction of sp³-hybridized carbons (Fsp3) is 0.467. The molecule has 2 fully saturated rings. The van der Waals surface area contributed by atoms with E-state index < -0.39 is 27.8 Å². The Kier molecular flexibility index (Phi) is 9.45. The van der Waals surface area contributed by atoms with Gasteiger partial charge in [-0.1, -0.05) is 52.0 Å². The normalized spacial score (nSPS) is 20.1. The van der Waals surface area contributed by atoms with Crippen molar-refractivity contribution in [1.29, 1.82) is 0 Å². The summed E-state index contributed by atoms with van der Waals surface area (Å²) in [6, 6.07) is 12.8. The van der Waals surface area contributed by atoms with Gasteiger partial charge < -0.3 is 19.6 Å². The van der Waals surface area contributed by atoms with Crippen LogP contribution in [-0.4, -0.2) is 91.8 Å². The third kappa shape index (κ3) is 6.00. The molecule has 1 N–H and O–H groups in total. The van der Waals surface area contributed by atoms with Gasteiger partial charge in [0.1, 0.15) is 5.76 Å². The molecule has 2 aromatic rings. The zero-order valence-electron chi connectivity index (χ0n) is 23.7. The summed E-state index contributed by atoms with van der Waals surface area (Å²) in [6.07, 6.45) is 0. The highest BCUT2D eigenvalue weighted by atomic mass is 32.2. The van der Waals surface area contributed by atoms with E-state index in [-0.39, 0.29) is 34.9 Å². The number of aliphatic hydroxyl groups excluding tert-OH is 1. The van der Waals surface area contributed by atoms with Crippen LogP contribution >= 0.6 is 0 Å². The highest BCUT2D eigenvalue weighted by Crippen LogP contribution is 2.39. The molecule has 0 aromatic heterocycles. The number of amides is 1. The zero-order valence-corrected chi connectivity index (χ0v) is 24.5. The number of carbonyl (C=O) groups excluding carboxylic acids is 2. The van der Waals surface area contributed by atoms with Crippen molar-refractivity contribution >= 4 is 27.5 Å². The topological polar surface area (TPSA) is 107 Å². The molecule has 216 valence electrons. The minimum atomic E-state index is -3.72. The van der Waals surface area contributed by atoms with E-state index in [9.17, 15) is 23.1 Å². The van der Waals surface area contributed by atoms with Crippen LogP contribution in [-0.2, 0) is 24.3 Å². The van der Waals surface area contributed by atoms with Gasteiger partial charge in [-0.3, -0.25) is 9.59 Å². The Hall–Kier alpha value is -3.05. The number of rotatable bonds is 10. The molecule has 1 amide bonds. The highest BCUT2D eigenvalue weighted by molar-refractivity contribution is 7.89. The van der Waals surface area contributed by atoms with Crippen LogP contribution in [0.3, 0.4) is 0 Å². The molecule has 0 bridgehead atoms. The van der Waals surface area contributed by atoms with Crippen LogP contribution in [0.5, 0.6) is 0 Å². The molecule has 10 heteroatoms. The average Bonchev–Trinajstić information content (AvgIpc) is 3.23. The van der Waals surface area contributed by atoms with E-state index in [2.05, 4.69) is 18.7 Å². The second-order valence-corrected chi connectivity index (χ2v) is 12.3. The van der Waals surface area contributed by atoms with E-state index in [0.29, 0.717) is 32.2 Å². The Morgan fingerprint density at radius 3 is 2.15 bits per heavy atom. The summed E-state index contributed by atoms with van der Waals surface area (Å²) in [4.78, 5) is 30.4. The molecule has 0 spiro atoms. The molecule has 0 radical (unpaired) electrons. The predicted molar refractivity (Wildman–Crippen MR) is 153 cm³/mol. The Balaban J connectivity index is 1.73. The molecule has 2 aliphatic heterocycles. The molecule has 2 saturated heterocycles. The van der Waals surface area contributed by atoms with Gasteiger partial charge in [0.2, 0.25) is 10.0 Å². The molecular weight excluding hydrogens is 530 g/mol. The quantitative estimate of drug-likeness (QED) is 0.265. The van der Waals surface area contributed by atoms with Crippen molar-refractivity contribution in [3.05, 3.63) is 70.8 Å².